The maximum Gasteiger partial charge on any atom is 0.236 e. The first-order valence-electron chi connectivity index (χ1n) is 8.66. The third kappa shape index (κ3) is 3.11. The lowest BCUT2D eigenvalue weighted by atomic mass is 9.95. The number of halogens is 1. The van der Waals surface area contributed by atoms with Crippen LogP contribution in [0.5, 0.6) is 0 Å². The van der Waals surface area contributed by atoms with Crippen molar-refractivity contribution in [2.24, 2.45) is 0 Å². The minimum atomic E-state index is -0.408. The predicted molar refractivity (Wildman–Crippen MR) is 98.5 cm³/mol. The summed E-state index contributed by atoms with van der Waals surface area (Å²) in [6.07, 6.45) is 0.349. The quantitative estimate of drug-likeness (QED) is 0.760. The first kappa shape index (κ1) is 16.5. The third-order valence-electron chi connectivity index (χ3n) is 4.75. The van der Waals surface area contributed by atoms with E-state index < -0.39 is 6.04 Å². The van der Waals surface area contributed by atoms with Crippen LogP contribution in [0.4, 0.5) is 4.39 Å². The summed E-state index contributed by atoms with van der Waals surface area (Å²) in [5, 5.41) is 1.88. The van der Waals surface area contributed by atoms with Crippen LogP contribution in [-0.2, 0) is 4.79 Å². The van der Waals surface area contributed by atoms with Crippen LogP contribution in [0.2, 0.25) is 0 Å². The summed E-state index contributed by atoms with van der Waals surface area (Å²) in [5.74, 6) is -0.342. The van der Waals surface area contributed by atoms with Crippen LogP contribution in [0.1, 0.15) is 35.2 Å². The average Bonchev–Trinajstić information content (AvgIpc) is 3.06. The van der Waals surface area contributed by atoms with Crippen LogP contribution in [0.25, 0.3) is 0 Å². The minimum absolute atomic E-state index is 0.0591. The van der Waals surface area contributed by atoms with Crippen molar-refractivity contribution in [2.45, 2.75) is 18.5 Å². The van der Waals surface area contributed by atoms with Gasteiger partial charge in [0.25, 0.3) is 0 Å². The van der Waals surface area contributed by atoms with Crippen LogP contribution in [0.15, 0.2) is 84.9 Å². The van der Waals surface area contributed by atoms with Gasteiger partial charge in [0.1, 0.15) is 5.82 Å². The van der Waals surface area contributed by atoms with Gasteiger partial charge in [-0.25, -0.2) is 9.40 Å². The standard InChI is InChI=1S/C22H19FN2O/c23-19-14-8-7-13-18(19)22(17-11-5-2-6-12-17)25-20(15-21(26)24-25)16-9-3-1-4-10-16/h1-14,20,22H,15H2,(H,24,26)/t20-,22-/m1/s1. The number of nitrogens with one attached hydrogen (secondary N) is 1. The molecule has 4 rings (SSSR count). The SMILES string of the molecule is O=C1C[C@H](c2ccccc2)N([C@H](c2ccccc2)c2ccccc2F)N1. The topological polar surface area (TPSA) is 32.3 Å². The molecular weight excluding hydrogens is 327 g/mol. The van der Waals surface area contributed by atoms with Crippen LogP contribution in [-0.4, -0.2) is 10.9 Å². The summed E-state index contributed by atoms with van der Waals surface area (Å²) in [6.45, 7) is 0. The van der Waals surface area contributed by atoms with Gasteiger partial charge in [0.15, 0.2) is 0 Å². The number of rotatable bonds is 4. The van der Waals surface area contributed by atoms with Crippen LogP contribution in [0.3, 0.4) is 0 Å². The molecule has 4 heteroatoms. The Bertz CT molecular complexity index is 898. The lowest BCUT2D eigenvalue weighted by Crippen LogP contribution is -2.39. The van der Waals surface area contributed by atoms with E-state index >= 15 is 0 Å². The van der Waals surface area contributed by atoms with E-state index in [1.165, 1.54) is 6.07 Å². The van der Waals surface area contributed by atoms with Gasteiger partial charge in [0.2, 0.25) is 5.91 Å². The van der Waals surface area contributed by atoms with Crippen LogP contribution in [0, 0.1) is 5.82 Å². The molecule has 0 unspecified atom stereocenters. The molecular formula is C22H19FN2O. The van der Waals surface area contributed by atoms with Crippen molar-refractivity contribution in [1.82, 2.24) is 10.4 Å². The van der Waals surface area contributed by atoms with E-state index in [9.17, 15) is 9.18 Å². The van der Waals surface area contributed by atoms with Crippen LogP contribution >= 0.6 is 0 Å². The lowest BCUT2D eigenvalue weighted by Gasteiger charge is -2.33. The Kier molecular flexibility index (Phi) is 4.50. The van der Waals surface area contributed by atoms with Gasteiger partial charge in [-0.15, -0.1) is 0 Å². The fourth-order valence-corrected chi connectivity index (χ4v) is 3.56. The first-order valence-corrected chi connectivity index (χ1v) is 8.66. The highest BCUT2D eigenvalue weighted by molar-refractivity contribution is 5.78. The molecule has 3 aromatic carbocycles. The zero-order valence-electron chi connectivity index (χ0n) is 14.2. The maximum absolute atomic E-state index is 14.7. The Hall–Kier alpha value is -2.98. The summed E-state index contributed by atoms with van der Waals surface area (Å²) >= 11 is 0. The molecule has 0 bridgehead atoms. The second-order valence-corrected chi connectivity index (χ2v) is 6.41. The molecule has 26 heavy (non-hydrogen) atoms. The van der Waals surface area contributed by atoms with Crippen molar-refractivity contribution in [3.05, 3.63) is 107 Å². The highest BCUT2D eigenvalue weighted by Gasteiger charge is 2.38. The molecule has 0 spiro atoms. The number of carbonyl (C=O) groups is 1. The monoisotopic (exact) mass is 346 g/mol. The molecule has 1 N–H and O–H groups in total. The van der Waals surface area contributed by atoms with Crippen molar-refractivity contribution >= 4 is 5.91 Å². The third-order valence-corrected chi connectivity index (χ3v) is 4.75. The molecule has 1 aliphatic rings. The smallest absolute Gasteiger partial charge is 0.236 e. The number of hydrogen-bond donors (Lipinski definition) is 1. The minimum Gasteiger partial charge on any atom is -0.287 e. The van der Waals surface area contributed by atoms with E-state index in [0.717, 1.165) is 11.1 Å². The number of hydrazine groups is 1. The molecule has 1 heterocycles. The summed E-state index contributed by atoms with van der Waals surface area (Å²) < 4.78 is 14.7. The number of hydrogen-bond acceptors (Lipinski definition) is 2. The summed E-state index contributed by atoms with van der Waals surface area (Å²) in [7, 11) is 0. The molecule has 1 saturated heterocycles. The van der Waals surface area contributed by atoms with Gasteiger partial charge in [-0.3, -0.25) is 10.2 Å². The number of amides is 1. The summed E-state index contributed by atoms with van der Waals surface area (Å²) in [5.41, 5.74) is 5.46. The first-order chi connectivity index (χ1) is 12.7. The highest BCUT2D eigenvalue weighted by atomic mass is 19.1. The molecule has 1 fully saturated rings. The molecule has 0 aromatic heterocycles. The molecule has 1 amide bonds. The Morgan fingerprint density at radius 3 is 2.19 bits per heavy atom. The second kappa shape index (κ2) is 7.10. The van der Waals surface area contributed by atoms with Gasteiger partial charge in [-0.1, -0.05) is 78.9 Å². The molecule has 1 aliphatic heterocycles. The Balaban J connectivity index is 1.83. The van der Waals surface area contributed by atoms with Gasteiger partial charge < -0.3 is 0 Å². The van der Waals surface area contributed by atoms with Crippen molar-refractivity contribution < 1.29 is 9.18 Å². The molecule has 0 saturated carbocycles. The van der Waals surface area contributed by atoms with E-state index in [1.807, 2.05) is 71.7 Å². The van der Waals surface area contributed by atoms with Gasteiger partial charge >= 0.3 is 0 Å². The second-order valence-electron chi connectivity index (χ2n) is 6.41. The zero-order chi connectivity index (χ0) is 17.9. The Labute approximate surface area is 152 Å². The van der Waals surface area contributed by atoms with Gasteiger partial charge in [0.05, 0.1) is 12.1 Å². The normalized spacial score (nSPS) is 18.5. The van der Waals surface area contributed by atoms with Crippen molar-refractivity contribution in [3.63, 3.8) is 0 Å². The van der Waals surface area contributed by atoms with E-state index in [-0.39, 0.29) is 17.8 Å². The molecule has 130 valence electrons. The number of carbonyl (C=O) groups excluding carboxylic acids is 1. The molecule has 3 nitrogen and oxygen atoms in total. The average molecular weight is 346 g/mol. The van der Waals surface area contributed by atoms with Crippen LogP contribution < -0.4 is 5.43 Å². The number of benzene rings is 3. The van der Waals surface area contributed by atoms with Crippen molar-refractivity contribution in [3.8, 4) is 0 Å². The largest absolute Gasteiger partial charge is 0.287 e. The van der Waals surface area contributed by atoms with E-state index in [1.54, 1.807) is 12.1 Å². The number of nitrogens with zero attached hydrogens (tertiary/aromatic N) is 1. The fourth-order valence-electron chi connectivity index (χ4n) is 3.56. The predicted octanol–water partition coefficient (Wildman–Crippen LogP) is 4.39. The van der Waals surface area contributed by atoms with Crippen molar-refractivity contribution in [1.29, 1.82) is 0 Å². The maximum atomic E-state index is 14.7. The van der Waals surface area contributed by atoms with Gasteiger partial charge in [-0.2, -0.15) is 0 Å². The molecule has 0 aliphatic carbocycles. The Morgan fingerprint density at radius 2 is 1.50 bits per heavy atom. The summed E-state index contributed by atoms with van der Waals surface area (Å²) in [6, 6.07) is 25.7. The fraction of sp³-hybridized carbons (Fsp3) is 0.136. The van der Waals surface area contributed by atoms with E-state index in [0.29, 0.717) is 12.0 Å². The molecule has 3 aromatic rings. The molecule has 0 radical (unpaired) electrons. The Morgan fingerprint density at radius 1 is 0.885 bits per heavy atom. The summed E-state index contributed by atoms with van der Waals surface area (Å²) in [4.78, 5) is 12.2. The van der Waals surface area contributed by atoms with Gasteiger partial charge in [-0.05, 0) is 17.2 Å². The van der Waals surface area contributed by atoms with Crippen molar-refractivity contribution in [2.75, 3.05) is 0 Å². The zero-order valence-corrected chi connectivity index (χ0v) is 14.2. The van der Waals surface area contributed by atoms with Gasteiger partial charge in [0, 0.05) is 12.0 Å². The molecule has 2 atom stereocenters. The lowest BCUT2D eigenvalue weighted by molar-refractivity contribution is -0.121. The van der Waals surface area contributed by atoms with E-state index in [4.69, 9.17) is 0 Å². The van der Waals surface area contributed by atoms with E-state index in [2.05, 4.69) is 5.43 Å². The highest BCUT2D eigenvalue weighted by Crippen LogP contribution is 2.39.